The van der Waals surface area contributed by atoms with E-state index in [1.54, 1.807) is 24.9 Å². The number of rotatable bonds is 7. The molecule has 0 amide bonds. The first-order chi connectivity index (χ1) is 23.2. The van der Waals surface area contributed by atoms with E-state index >= 15 is 4.39 Å². The van der Waals surface area contributed by atoms with Gasteiger partial charge in [-0.3, -0.25) is 14.0 Å². The number of hydrogen-bond acceptors (Lipinski definition) is 8. The average molecular weight is 744 g/mol. The Morgan fingerprint density at radius 3 is 2.40 bits per heavy atom. The SMILES string of the molecule is C[C@@H]1OCC2(CCN(c3nc4c(c(-c5cc(F)c6nn(C)cc6c5Cl)cn4COCC[Si](C)(C)C)c(=O)n3C)CC2)[C@@H]1N.O=C(O)C(F)(F)F. The predicted molar refractivity (Wildman–Crippen MR) is 185 cm³/mol. The van der Waals surface area contributed by atoms with E-state index in [1.165, 1.54) is 10.7 Å². The molecule has 4 aromatic rings. The van der Waals surface area contributed by atoms with Crippen molar-refractivity contribution in [3.8, 4) is 11.1 Å². The van der Waals surface area contributed by atoms with Gasteiger partial charge in [-0.05, 0) is 31.9 Å². The van der Waals surface area contributed by atoms with E-state index < -0.39 is 26.0 Å². The molecule has 2 aliphatic heterocycles. The first kappa shape index (κ1) is 37.7. The molecule has 6 rings (SSSR count). The Labute approximate surface area is 291 Å². The Morgan fingerprint density at radius 1 is 1.20 bits per heavy atom. The molecule has 1 spiro atoms. The van der Waals surface area contributed by atoms with Crippen LogP contribution in [-0.2, 0) is 35.1 Å². The van der Waals surface area contributed by atoms with Crippen molar-refractivity contribution in [3.05, 3.63) is 39.7 Å². The number of ether oxygens (including phenoxy) is 2. The van der Waals surface area contributed by atoms with E-state index in [2.05, 4.69) is 29.6 Å². The van der Waals surface area contributed by atoms with Crippen molar-refractivity contribution in [2.75, 3.05) is 31.2 Å². The number of halogens is 5. The lowest BCUT2D eigenvalue weighted by atomic mass is 9.73. The van der Waals surface area contributed by atoms with Crippen LogP contribution in [0.25, 0.3) is 33.1 Å². The summed E-state index contributed by atoms with van der Waals surface area (Å²) in [6.07, 6.45) is 0.164. The third kappa shape index (κ3) is 7.42. The molecule has 3 N–H and O–H groups in total. The lowest BCUT2D eigenvalue weighted by Crippen LogP contribution is -2.51. The predicted octanol–water partition coefficient (Wildman–Crippen LogP) is 5.36. The van der Waals surface area contributed by atoms with Crippen molar-refractivity contribution in [1.82, 2.24) is 23.9 Å². The smallest absolute Gasteiger partial charge is 0.475 e. The van der Waals surface area contributed by atoms with Crippen LogP contribution in [-0.4, -0.2) is 87.7 Å². The van der Waals surface area contributed by atoms with Gasteiger partial charge in [-0.2, -0.15) is 23.3 Å². The number of aryl methyl sites for hydroxylation is 1. The quantitative estimate of drug-likeness (QED) is 0.145. The normalized spacial score (nSPS) is 19.4. The molecule has 50 heavy (non-hydrogen) atoms. The van der Waals surface area contributed by atoms with Gasteiger partial charge in [0, 0.05) is 82.2 Å². The van der Waals surface area contributed by atoms with Crippen LogP contribution < -0.4 is 16.2 Å². The standard InChI is InChI=1S/C30H41ClFN7O3Si.C2HF3O2/c1-18-26(33)30(16-42-18)7-9-38(10-8-30)29-34-27-23(28(40)37(29)3)20(15-39(27)17-41-11-12-43(4,5)6)19-13-22(32)25-21(24(19)31)14-36(2)35-25;3-2(4,5)1(6)7/h13-15,18,26H,7-12,16-17,33H2,1-6H3;(H,6,7)/t18-,26+;/m0./s1. The summed E-state index contributed by atoms with van der Waals surface area (Å²) in [5.41, 5.74) is 7.87. The highest BCUT2D eigenvalue weighted by molar-refractivity contribution is 6.76. The van der Waals surface area contributed by atoms with Crippen LogP contribution in [0, 0.1) is 11.2 Å². The second-order valence-electron chi connectivity index (χ2n) is 14.3. The van der Waals surface area contributed by atoms with Crippen LogP contribution in [0.2, 0.25) is 30.7 Å². The Kier molecular flexibility index (Phi) is 10.5. The van der Waals surface area contributed by atoms with E-state index in [4.69, 9.17) is 41.7 Å². The lowest BCUT2D eigenvalue weighted by Gasteiger charge is -2.41. The van der Waals surface area contributed by atoms with Crippen LogP contribution >= 0.6 is 11.6 Å². The van der Waals surface area contributed by atoms with Crippen LogP contribution in [0.5, 0.6) is 0 Å². The van der Waals surface area contributed by atoms with Crippen LogP contribution in [0.15, 0.2) is 23.3 Å². The first-order valence-corrected chi connectivity index (χ1v) is 20.2. The van der Waals surface area contributed by atoms with Gasteiger partial charge in [0.05, 0.1) is 23.1 Å². The first-order valence-electron chi connectivity index (χ1n) is 16.2. The monoisotopic (exact) mass is 743 g/mol. The number of nitrogens with zero attached hydrogens (tertiary/aromatic N) is 6. The molecule has 0 aliphatic carbocycles. The zero-order chi connectivity index (χ0) is 36.9. The van der Waals surface area contributed by atoms with Crippen molar-refractivity contribution in [2.45, 2.75) is 70.5 Å². The zero-order valence-corrected chi connectivity index (χ0v) is 30.5. The van der Waals surface area contributed by atoms with Crippen LogP contribution in [0.4, 0.5) is 23.5 Å². The van der Waals surface area contributed by atoms with Gasteiger partial charge < -0.3 is 29.8 Å². The molecule has 18 heteroatoms. The molecule has 0 bridgehead atoms. The molecule has 0 radical (unpaired) electrons. The third-order valence-electron chi connectivity index (χ3n) is 9.52. The van der Waals surface area contributed by atoms with Gasteiger partial charge in [-0.25, -0.2) is 9.18 Å². The molecular weight excluding hydrogens is 702 g/mol. The highest BCUT2D eigenvalue weighted by Gasteiger charge is 2.48. The molecule has 274 valence electrons. The van der Waals surface area contributed by atoms with E-state index in [0.717, 1.165) is 18.9 Å². The summed E-state index contributed by atoms with van der Waals surface area (Å²) in [5.74, 6) is -2.68. The summed E-state index contributed by atoms with van der Waals surface area (Å²) in [4.78, 5) is 30.2. The number of nitrogens with two attached hydrogens (primary N) is 1. The van der Waals surface area contributed by atoms with Gasteiger partial charge >= 0.3 is 12.1 Å². The Bertz CT molecular complexity index is 1960. The van der Waals surface area contributed by atoms with E-state index in [1.807, 2.05) is 17.7 Å². The second-order valence-corrected chi connectivity index (χ2v) is 20.3. The summed E-state index contributed by atoms with van der Waals surface area (Å²) < 4.78 is 64.0. The van der Waals surface area contributed by atoms with E-state index in [0.29, 0.717) is 64.8 Å². The Balaban J connectivity index is 0.000000630. The fraction of sp³-hybridized carbons (Fsp3) is 0.562. The number of aromatic nitrogens is 5. The van der Waals surface area contributed by atoms with Crippen molar-refractivity contribution in [3.63, 3.8) is 0 Å². The van der Waals surface area contributed by atoms with Gasteiger partial charge in [-0.1, -0.05) is 31.2 Å². The fourth-order valence-corrected chi connectivity index (χ4v) is 7.53. The molecule has 0 unspecified atom stereocenters. The minimum absolute atomic E-state index is 0.00990. The maximum atomic E-state index is 15.3. The largest absolute Gasteiger partial charge is 0.490 e. The second kappa shape index (κ2) is 13.9. The number of alkyl halides is 3. The summed E-state index contributed by atoms with van der Waals surface area (Å²) in [6, 6.07) is 2.35. The van der Waals surface area contributed by atoms with Crippen molar-refractivity contribution < 1.29 is 36.9 Å². The van der Waals surface area contributed by atoms with Gasteiger partial charge in [-0.15, -0.1) is 0 Å². The molecule has 2 fully saturated rings. The minimum atomic E-state index is -5.08. The van der Waals surface area contributed by atoms with Crippen molar-refractivity contribution in [1.29, 1.82) is 0 Å². The third-order valence-corrected chi connectivity index (χ3v) is 11.6. The summed E-state index contributed by atoms with van der Waals surface area (Å²) in [5, 5.41) is 12.5. The van der Waals surface area contributed by atoms with Gasteiger partial charge in [0.2, 0.25) is 5.95 Å². The molecule has 2 saturated heterocycles. The Morgan fingerprint density at radius 2 is 1.84 bits per heavy atom. The number of benzene rings is 1. The molecule has 2 aliphatic rings. The zero-order valence-electron chi connectivity index (χ0n) is 28.8. The van der Waals surface area contributed by atoms with Crippen molar-refractivity contribution in [2.24, 2.45) is 25.2 Å². The highest BCUT2D eigenvalue weighted by atomic mass is 35.5. The van der Waals surface area contributed by atoms with E-state index in [9.17, 15) is 18.0 Å². The molecule has 5 heterocycles. The summed E-state index contributed by atoms with van der Waals surface area (Å²) in [7, 11) is 2.15. The topological polar surface area (TPSA) is 143 Å². The number of fused-ring (bicyclic) bond motifs is 2. The molecule has 1 aromatic carbocycles. The summed E-state index contributed by atoms with van der Waals surface area (Å²) in [6.45, 7) is 11.8. The fourth-order valence-electron chi connectivity index (χ4n) is 6.48. The molecule has 0 saturated carbocycles. The van der Waals surface area contributed by atoms with Gasteiger partial charge in [0.1, 0.15) is 12.2 Å². The average Bonchev–Trinajstić information content (AvgIpc) is 3.69. The number of carboxylic acids is 1. The highest BCUT2D eigenvalue weighted by Crippen LogP contribution is 2.42. The minimum Gasteiger partial charge on any atom is -0.475 e. The maximum Gasteiger partial charge on any atom is 0.490 e. The number of piperidine rings is 1. The van der Waals surface area contributed by atoms with Crippen LogP contribution in [0.1, 0.15) is 19.8 Å². The van der Waals surface area contributed by atoms with Crippen molar-refractivity contribution >= 4 is 53.5 Å². The maximum absolute atomic E-state index is 15.3. The molecule has 2 atom stereocenters. The number of carbonyl (C=O) groups is 1. The van der Waals surface area contributed by atoms with E-state index in [-0.39, 0.29) is 35.4 Å². The Hall–Kier alpha value is -3.51. The van der Waals surface area contributed by atoms with Crippen LogP contribution in [0.3, 0.4) is 0 Å². The van der Waals surface area contributed by atoms with Gasteiger partial charge in [0.15, 0.2) is 11.5 Å². The number of anilines is 1. The van der Waals surface area contributed by atoms with Gasteiger partial charge in [0.25, 0.3) is 5.56 Å². The number of hydrogen-bond donors (Lipinski definition) is 2. The number of aliphatic carboxylic acids is 1. The molecule has 12 nitrogen and oxygen atoms in total. The molecule has 3 aromatic heterocycles. The number of carboxylic acid groups (broad SMARTS) is 1. The lowest BCUT2D eigenvalue weighted by molar-refractivity contribution is -0.192. The summed E-state index contributed by atoms with van der Waals surface area (Å²) >= 11 is 6.86. The molecular formula is C32H42ClF4N7O5Si.